The number of benzene rings is 1. The van der Waals surface area contributed by atoms with Crippen molar-refractivity contribution in [1.29, 1.82) is 0 Å². The predicted molar refractivity (Wildman–Crippen MR) is 156 cm³/mol. The lowest BCUT2D eigenvalue weighted by Crippen LogP contribution is -2.69. The van der Waals surface area contributed by atoms with Crippen LogP contribution in [0.25, 0.3) is 0 Å². The van der Waals surface area contributed by atoms with Crippen molar-refractivity contribution in [2.45, 2.75) is 69.3 Å². The van der Waals surface area contributed by atoms with Gasteiger partial charge in [-0.15, -0.1) is 0 Å². The van der Waals surface area contributed by atoms with Gasteiger partial charge in [-0.1, -0.05) is 12.2 Å². The van der Waals surface area contributed by atoms with Gasteiger partial charge in [0.05, 0.1) is 30.4 Å². The molecule has 0 spiro atoms. The quantitative estimate of drug-likeness (QED) is 0.355. The minimum atomic E-state index is -0.774. The van der Waals surface area contributed by atoms with E-state index >= 15 is 0 Å². The van der Waals surface area contributed by atoms with Crippen LogP contribution in [0, 0.1) is 17.8 Å². The third-order valence-electron chi connectivity index (χ3n) is 10.3. The number of carbonyl (C=O) groups is 1. The fraction of sp³-hybridized carbons (Fsp3) is 0.700. The van der Waals surface area contributed by atoms with E-state index in [-0.39, 0.29) is 36.5 Å². The van der Waals surface area contributed by atoms with E-state index in [1.54, 1.807) is 0 Å². The highest BCUT2D eigenvalue weighted by Gasteiger charge is 2.52. The standard InChI is InChI=1S/C30H46N8O2/c1-30(40)13-4-3-5-14-37-28(39)24-15-31-29(34-27(24)38(37)26-8-6-7-25(30)33-26)32-22-9-11-23(12-10-22)36-18-20-16-35(2)17-21(20)19-36/h3,5,9-12,20-21,24-27,29,31-34,40H,4,6-8,13-19H2,1-2H3/b5-3-/t20?,21?,24?,25?,26?,27?,29?,30-/m1/s1. The second kappa shape index (κ2) is 10.6. The van der Waals surface area contributed by atoms with Crippen molar-refractivity contribution in [1.82, 2.24) is 30.9 Å². The number of likely N-dealkylation sites (tertiary alicyclic amines) is 1. The first-order valence-electron chi connectivity index (χ1n) is 15.4. The van der Waals surface area contributed by atoms with Gasteiger partial charge < -0.3 is 20.2 Å². The maximum absolute atomic E-state index is 13.6. The van der Waals surface area contributed by atoms with Gasteiger partial charge in [0.15, 0.2) is 0 Å². The van der Waals surface area contributed by atoms with Crippen LogP contribution in [0.5, 0.6) is 0 Å². The number of hydrazine groups is 1. The normalized spacial score (nSPS) is 41.3. The van der Waals surface area contributed by atoms with Crippen LogP contribution in [-0.4, -0.2) is 103 Å². The summed E-state index contributed by atoms with van der Waals surface area (Å²) in [4.78, 5) is 18.6. The van der Waals surface area contributed by atoms with E-state index in [2.05, 4.69) is 79.5 Å². The summed E-state index contributed by atoms with van der Waals surface area (Å²) in [5.74, 6) is 1.58. The summed E-state index contributed by atoms with van der Waals surface area (Å²) in [5.41, 5.74) is 1.58. The first kappa shape index (κ1) is 26.7. The molecular weight excluding hydrogens is 504 g/mol. The summed E-state index contributed by atoms with van der Waals surface area (Å²) in [6.45, 7) is 7.86. The summed E-state index contributed by atoms with van der Waals surface area (Å²) in [6.07, 6.45) is 8.39. The Bertz CT molecular complexity index is 1100. The molecule has 7 unspecified atom stereocenters. The first-order chi connectivity index (χ1) is 19.4. The van der Waals surface area contributed by atoms with Gasteiger partial charge in [-0.05, 0) is 82.2 Å². The molecule has 1 aromatic carbocycles. The summed E-state index contributed by atoms with van der Waals surface area (Å²) in [7, 11) is 2.24. The third-order valence-corrected chi connectivity index (χ3v) is 10.3. The zero-order chi connectivity index (χ0) is 27.4. The van der Waals surface area contributed by atoms with Crippen LogP contribution < -0.4 is 26.2 Å². The number of nitrogens with zero attached hydrogens (tertiary/aromatic N) is 4. The molecule has 6 aliphatic heterocycles. The molecule has 7 rings (SSSR count). The first-order valence-corrected chi connectivity index (χ1v) is 15.4. The monoisotopic (exact) mass is 550 g/mol. The van der Waals surface area contributed by atoms with E-state index < -0.39 is 5.60 Å². The fourth-order valence-electron chi connectivity index (χ4n) is 8.11. The van der Waals surface area contributed by atoms with Crippen LogP contribution in [0.4, 0.5) is 11.4 Å². The number of piperidine rings is 1. The molecule has 5 fully saturated rings. The largest absolute Gasteiger partial charge is 0.389 e. The minimum absolute atomic E-state index is 0.000880. The summed E-state index contributed by atoms with van der Waals surface area (Å²) in [6, 6.07) is 8.82. The van der Waals surface area contributed by atoms with E-state index in [4.69, 9.17) is 0 Å². The molecule has 0 aliphatic carbocycles. The highest BCUT2D eigenvalue weighted by molar-refractivity contribution is 5.82. The van der Waals surface area contributed by atoms with Crippen LogP contribution in [-0.2, 0) is 4.79 Å². The fourth-order valence-corrected chi connectivity index (χ4v) is 8.11. The summed E-state index contributed by atoms with van der Waals surface area (Å²) >= 11 is 0. The van der Waals surface area contributed by atoms with Gasteiger partial charge in [-0.2, -0.15) is 5.01 Å². The smallest absolute Gasteiger partial charge is 0.244 e. The van der Waals surface area contributed by atoms with Crippen LogP contribution in [0.1, 0.15) is 39.0 Å². The maximum Gasteiger partial charge on any atom is 0.244 e. The molecule has 40 heavy (non-hydrogen) atoms. The zero-order valence-electron chi connectivity index (χ0n) is 23.9. The second-order valence-corrected chi connectivity index (χ2v) is 13.2. The molecule has 2 bridgehead atoms. The molecule has 6 heterocycles. The minimum Gasteiger partial charge on any atom is -0.389 e. The SMILES string of the molecule is CN1CC2CN(c3ccc(NC4NCC5C(=O)N6C/C=C\CC[C@@](C)(O)C7CCCC(N7)N6C5N4)cc3)CC2C1. The van der Waals surface area contributed by atoms with Gasteiger partial charge in [-0.3, -0.25) is 25.8 Å². The lowest BCUT2D eigenvalue weighted by atomic mass is 9.85. The molecular formula is C30H46N8O2. The van der Waals surface area contributed by atoms with Crippen molar-refractivity contribution in [2.24, 2.45) is 17.8 Å². The molecule has 1 amide bonds. The van der Waals surface area contributed by atoms with Crippen LogP contribution in [0.2, 0.25) is 0 Å². The van der Waals surface area contributed by atoms with Gasteiger partial charge in [-0.25, -0.2) is 0 Å². The lowest BCUT2D eigenvalue weighted by molar-refractivity contribution is -0.146. The molecule has 5 N–H and O–H groups in total. The van der Waals surface area contributed by atoms with E-state index in [9.17, 15) is 9.90 Å². The Balaban J connectivity index is 1.04. The van der Waals surface area contributed by atoms with Gasteiger partial charge in [0, 0.05) is 50.1 Å². The summed E-state index contributed by atoms with van der Waals surface area (Å²) < 4.78 is 0. The molecule has 10 nitrogen and oxygen atoms in total. The Morgan fingerprint density at radius 2 is 1.80 bits per heavy atom. The molecule has 6 aliphatic rings. The Morgan fingerprint density at radius 1 is 1.02 bits per heavy atom. The number of allylic oxidation sites excluding steroid dienone is 1. The highest BCUT2D eigenvalue weighted by Crippen LogP contribution is 2.35. The van der Waals surface area contributed by atoms with Gasteiger partial charge in [0.25, 0.3) is 0 Å². The zero-order valence-corrected chi connectivity index (χ0v) is 23.9. The molecule has 0 saturated carbocycles. The molecule has 0 radical (unpaired) electrons. The van der Waals surface area contributed by atoms with Crippen molar-refractivity contribution in [3.05, 3.63) is 36.4 Å². The number of amides is 1. The number of hydrogen-bond donors (Lipinski definition) is 5. The lowest BCUT2D eigenvalue weighted by Gasteiger charge is -2.47. The average molecular weight is 551 g/mol. The molecule has 218 valence electrons. The number of hydrogen-bond acceptors (Lipinski definition) is 9. The third kappa shape index (κ3) is 4.92. The summed E-state index contributed by atoms with van der Waals surface area (Å²) in [5, 5.41) is 30.0. The number of anilines is 2. The second-order valence-electron chi connectivity index (χ2n) is 13.2. The number of carbonyl (C=O) groups excluding carboxylic acids is 1. The Labute approximate surface area is 238 Å². The van der Waals surface area contributed by atoms with Gasteiger partial charge in [0.1, 0.15) is 6.29 Å². The molecule has 1 aromatic rings. The molecule has 10 heteroatoms. The van der Waals surface area contributed by atoms with E-state index in [1.807, 2.05) is 11.9 Å². The molecule has 0 aromatic heterocycles. The van der Waals surface area contributed by atoms with Crippen LogP contribution in [0.15, 0.2) is 36.4 Å². The van der Waals surface area contributed by atoms with Gasteiger partial charge >= 0.3 is 0 Å². The van der Waals surface area contributed by atoms with Crippen molar-refractivity contribution < 1.29 is 9.90 Å². The van der Waals surface area contributed by atoms with Crippen molar-refractivity contribution in [3.63, 3.8) is 0 Å². The Hall–Kier alpha value is -2.21. The number of rotatable bonds is 3. The number of aliphatic hydroxyl groups is 1. The van der Waals surface area contributed by atoms with E-state index in [1.165, 1.54) is 18.8 Å². The molecule has 8 atom stereocenters. The molecule has 5 saturated heterocycles. The topological polar surface area (TPSA) is 98.4 Å². The highest BCUT2D eigenvalue weighted by atomic mass is 16.3. The maximum atomic E-state index is 13.6. The van der Waals surface area contributed by atoms with Crippen LogP contribution >= 0.6 is 0 Å². The number of fused-ring (bicyclic) bond motifs is 7. The van der Waals surface area contributed by atoms with Gasteiger partial charge in [0.2, 0.25) is 5.91 Å². The average Bonchev–Trinajstić information content (AvgIpc) is 3.57. The predicted octanol–water partition coefficient (Wildman–Crippen LogP) is 1.14. The van der Waals surface area contributed by atoms with E-state index in [0.717, 1.165) is 62.7 Å². The van der Waals surface area contributed by atoms with Crippen molar-refractivity contribution >= 4 is 17.3 Å². The van der Waals surface area contributed by atoms with Crippen molar-refractivity contribution in [2.75, 3.05) is 56.5 Å². The van der Waals surface area contributed by atoms with Crippen molar-refractivity contribution in [3.8, 4) is 0 Å². The van der Waals surface area contributed by atoms with Crippen LogP contribution in [0.3, 0.4) is 0 Å². The Kier molecular flexibility index (Phi) is 7.04. The number of nitrogens with one attached hydrogen (secondary N) is 4. The Morgan fingerprint density at radius 3 is 2.58 bits per heavy atom. The van der Waals surface area contributed by atoms with E-state index in [0.29, 0.717) is 13.1 Å².